The van der Waals surface area contributed by atoms with Crippen LogP contribution >= 0.6 is 15.9 Å². The minimum absolute atomic E-state index is 0.182. The molecule has 0 saturated heterocycles. The molecule has 0 spiro atoms. The minimum Gasteiger partial charge on any atom is -0.378 e. The molecule has 0 aliphatic carbocycles. The van der Waals surface area contributed by atoms with Crippen molar-refractivity contribution in [2.45, 2.75) is 19.9 Å². The Hall–Kier alpha value is -1.42. The highest BCUT2D eigenvalue weighted by atomic mass is 79.9. The zero-order chi connectivity index (χ0) is 14.0. The molecule has 0 aliphatic heterocycles. The normalized spacial score (nSPS) is 12.3. The molecule has 0 bridgehead atoms. The number of benzene rings is 2. The molecule has 4 heteroatoms. The van der Waals surface area contributed by atoms with E-state index in [0.717, 1.165) is 21.8 Å². The third kappa shape index (κ3) is 3.77. The van der Waals surface area contributed by atoms with Gasteiger partial charge in [-0.2, -0.15) is 0 Å². The van der Waals surface area contributed by atoms with Gasteiger partial charge in [-0.15, -0.1) is 0 Å². The third-order valence-electron chi connectivity index (χ3n) is 2.81. The van der Waals surface area contributed by atoms with E-state index in [1.165, 1.54) is 12.1 Å². The molecule has 0 heterocycles. The van der Waals surface area contributed by atoms with Crippen LogP contribution < -0.4 is 5.32 Å². The first kappa shape index (κ1) is 14.0. The number of anilines is 1. The van der Waals surface area contributed by atoms with E-state index in [-0.39, 0.29) is 6.04 Å². The predicted octanol–water partition coefficient (Wildman–Crippen LogP) is 5.21. The van der Waals surface area contributed by atoms with Crippen LogP contribution in [0, 0.1) is 18.6 Å². The van der Waals surface area contributed by atoms with E-state index < -0.39 is 11.6 Å². The van der Waals surface area contributed by atoms with Gasteiger partial charge in [0.2, 0.25) is 0 Å². The molecule has 0 aromatic heterocycles. The van der Waals surface area contributed by atoms with Crippen molar-refractivity contribution in [2.75, 3.05) is 5.32 Å². The highest BCUT2D eigenvalue weighted by Gasteiger charge is 2.09. The van der Waals surface area contributed by atoms with Crippen LogP contribution in [0.25, 0.3) is 0 Å². The first-order valence-electron chi connectivity index (χ1n) is 5.94. The van der Waals surface area contributed by atoms with E-state index in [9.17, 15) is 8.78 Å². The Bertz CT molecular complexity index is 558. The van der Waals surface area contributed by atoms with Crippen molar-refractivity contribution in [3.63, 3.8) is 0 Å². The highest BCUT2D eigenvalue weighted by molar-refractivity contribution is 9.10. The van der Waals surface area contributed by atoms with Crippen molar-refractivity contribution in [2.24, 2.45) is 0 Å². The van der Waals surface area contributed by atoms with E-state index in [1.807, 2.05) is 32.0 Å². The number of nitrogens with one attached hydrogen (secondary N) is 1. The number of aryl methyl sites for hydroxylation is 1. The first-order chi connectivity index (χ1) is 8.94. The van der Waals surface area contributed by atoms with Crippen molar-refractivity contribution in [3.8, 4) is 0 Å². The van der Waals surface area contributed by atoms with E-state index in [4.69, 9.17) is 0 Å². The second kappa shape index (κ2) is 5.70. The van der Waals surface area contributed by atoms with Crippen molar-refractivity contribution in [1.82, 2.24) is 0 Å². The molecular formula is C15H14BrF2N. The maximum absolute atomic E-state index is 13.2. The average molecular weight is 326 g/mol. The van der Waals surface area contributed by atoms with Crippen molar-refractivity contribution in [3.05, 3.63) is 63.6 Å². The maximum Gasteiger partial charge on any atom is 0.126 e. The number of hydrogen-bond acceptors (Lipinski definition) is 1. The second-order valence-corrected chi connectivity index (χ2v) is 5.50. The van der Waals surface area contributed by atoms with Crippen molar-refractivity contribution >= 4 is 21.6 Å². The standard InChI is InChI=1S/C15H14BrF2N/c1-9-3-12(16)7-15(4-9)19-10(2)11-5-13(17)8-14(18)6-11/h3-8,10,19H,1-2H3. The van der Waals surface area contributed by atoms with Crippen LogP contribution in [0.2, 0.25) is 0 Å². The SMILES string of the molecule is Cc1cc(Br)cc(NC(C)c2cc(F)cc(F)c2)c1. The molecule has 2 aromatic rings. The van der Waals surface area contributed by atoms with Crippen LogP contribution in [0.4, 0.5) is 14.5 Å². The van der Waals surface area contributed by atoms with E-state index in [0.29, 0.717) is 5.56 Å². The van der Waals surface area contributed by atoms with Crippen LogP contribution in [-0.2, 0) is 0 Å². The summed E-state index contributed by atoms with van der Waals surface area (Å²) in [6.45, 7) is 3.85. The fourth-order valence-electron chi connectivity index (χ4n) is 1.98. The zero-order valence-corrected chi connectivity index (χ0v) is 12.3. The zero-order valence-electron chi connectivity index (χ0n) is 10.7. The molecule has 0 aliphatic rings. The number of rotatable bonds is 3. The largest absolute Gasteiger partial charge is 0.378 e. The van der Waals surface area contributed by atoms with Gasteiger partial charge in [-0.05, 0) is 55.3 Å². The Morgan fingerprint density at radius 1 is 1.00 bits per heavy atom. The van der Waals surface area contributed by atoms with Gasteiger partial charge in [0, 0.05) is 22.3 Å². The molecule has 0 saturated carbocycles. The van der Waals surface area contributed by atoms with Crippen LogP contribution in [0.1, 0.15) is 24.1 Å². The molecule has 19 heavy (non-hydrogen) atoms. The van der Waals surface area contributed by atoms with Gasteiger partial charge in [0.15, 0.2) is 0 Å². The lowest BCUT2D eigenvalue weighted by atomic mass is 10.1. The smallest absolute Gasteiger partial charge is 0.126 e. The van der Waals surface area contributed by atoms with Gasteiger partial charge in [-0.3, -0.25) is 0 Å². The third-order valence-corrected chi connectivity index (χ3v) is 3.27. The number of hydrogen-bond donors (Lipinski definition) is 1. The quantitative estimate of drug-likeness (QED) is 0.816. The molecule has 1 N–H and O–H groups in total. The Morgan fingerprint density at radius 2 is 1.63 bits per heavy atom. The first-order valence-corrected chi connectivity index (χ1v) is 6.73. The predicted molar refractivity (Wildman–Crippen MR) is 77.3 cm³/mol. The highest BCUT2D eigenvalue weighted by Crippen LogP contribution is 2.24. The summed E-state index contributed by atoms with van der Waals surface area (Å²) in [5.41, 5.74) is 2.59. The van der Waals surface area contributed by atoms with Crippen molar-refractivity contribution < 1.29 is 8.78 Å². The Morgan fingerprint density at radius 3 is 2.21 bits per heavy atom. The molecule has 1 nitrogen and oxygen atoms in total. The summed E-state index contributed by atoms with van der Waals surface area (Å²) in [5, 5.41) is 3.23. The Kier molecular flexibility index (Phi) is 4.20. The second-order valence-electron chi connectivity index (χ2n) is 4.59. The number of halogens is 3. The topological polar surface area (TPSA) is 12.0 Å². The lowest BCUT2D eigenvalue weighted by Gasteiger charge is -2.16. The molecule has 2 aromatic carbocycles. The van der Waals surface area contributed by atoms with Crippen LogP contribution in [0.5, 0.6) is 0 Å². The molecule has 0 radical (unpaired) electrons. The van der Waals surface area contributed by atoms with Crippen LogP contribution in [0.3, 0.4) is 0 Å². The van der Waals surface area contributed by atoms with E-state index >= 15 is 0 Å². The van der Waals surface area contributed by atoms with Gasteiger partial charge in [0.25, 0.3) is 0 Å². The maximum atomic E-state index is 13.2. The fraction of sp³-hybridized carbons (Fsp3) is 0.200. The fourth-order valence-corrected chi connectivity index (χ4v) is 2.59. The summed E-state index contributed by atoms with van der Waals surface area (Å²) in [7, 11) is 0. The summed E-state index contributed by atoms with van der Waals surface area (Å²) in [6.07, 6.45) is 0. The average Bonchev–Trinajstić information content (AvgIpc) is 2.25. The summed E-state index contributed by atoms with van der Waals surface area (Å²) in [6, 6.07) is 9.28. The summed E-state index contributed by atoms with van der Waals surface area (Å²) in [4.78, 5) is 0. The van der Waals surface area contributed by atoms with E-state index in [1.54, 1.807) is 0 Å². The monoisotopic (exact) mass is 325 g/mol. The lowest BCUT2D eigenvalue weighted by molar-refractivity contribution is 0.577. The van der Waals surface area contributed by atoms with E-state index in [2.05, 4.69) is 21.2 Å². The summed E-state index contributed by atoms with van der Waals surface area (Å²) < 4.78 is 27.3. The van der Waals surface area contributed by atoms with Gasteiger partial charge in [0.1, 0.15) is 11.6 Å². The Balaban J connectivity index is 2.22. The molecule has 1 atom stereocenters. The lowest BCUT2D eigenvalue weighted by Crippen LogP contribution is -2.07. The summed E-state index contributed by atoms with van der Waals surface area (Å²) >= 11 is 3.42. The van der Waals surface area contributed by atoms with Gasteiger partial charge in [-0.25, -0.2) is 8.78 Å². The molecular weight excluding hydrogens is 312 g/mol. The van der Waals surface area contributed by atoms with Gasteiger partial charge < -0.3 is 5.32 Å². The Labute approximate surface area is 119 Å². The van der Waals surface area contributed by atoms with Crippen LogP contribution in [0.15, 0.2) is 40.9 Å². The van der Waals surface area contributed by atoms with Gasteiger partial charge >= 0.3 is 0 Å². The molecule has 0 fully saturated rings. The van der Waals surface area contributed by atoms with Crippen molar-refractivity contribution in [1.29, 1.82) is 0 Å². The van der Waals surface area contributed by atoms with Crippen LogP contribution in [-0.4, -0.2) is 0 Å². The van der Waals surface area contributed by atoms with Gasteiger partial charge in [0.05, 0.1) is 0 Å². The molecule has 2 rings (SSSR count). The van der Waals surface area contributed by atoms with Gasteiger partial charge in [-0.1, -0.05) is 15.9 Å². The minimum atomic E-state index is -0.561. The summed E-state index contributed by atoms with van der Waals surface area (Å²) in [5.74, 6) is -1.12. The molecule has 100 valence electrons. The molecule has 1 unspecified atom stereocenters. The molecule has 0 amide bonds.